The van der Waals surface area contributed by atoms with Crippen molar-refractivity contribution in [1.82, 2.24) is 9.29 Å². The van der Waals surface area contributed by atoms with Crippen molar-refractivity contribution >= 4 is 10.0 Å². The van der Waals surface area contributed by atoms with Crippen LogP contribution >= 0.6 is 0 Å². The lowest BCUT2D eigenvalue weighted by Crippen LogP contribution is -2.56. The van der Waals surface area contributed by atoms with Crippen LogP contribution in [0, 0.1) is 0 Å². The van der Waals surface area contributed by atoms with E-state index in [-0.39, 0.29) is 29.6 Å². The van der Waals surface area contributed by atoms with E-state index in [2.05, 4.69) is 4.98 Å². The van der Waals surface area contributed by atoms with Gasteiger partial charge in [-0.2, -0.15) is 17.5 Å². The van der Waals surface area contributed by atoms with Crippen LogP contribution in [0.4, 0.5) is 13.2 Å². The fourth-order valence-corrected chi connectivity index (χ4v) is 4.19. The van der Waals surface area contributed by atoms with E-state index in [0.29, 0.717) is 6.61 Å². The Bertz CT molecular complexity index is 912. The molecule has 0 N–H and O–H groups in total. The van der Waals surface area contributed by atoms with E-state index < -0.39 is 28.0 Å². The summed E-state index contributed by atoms with van der Waals surface area (Å²) >= 11 is 0. The molecule has 1 aromatic heterocycles. The molecular weight excluding hydrogens is 385 g/mol. The number of alkyl halides is 3. The van der Waals surface area contributed by atoms with Gasteiger partial charge in [-0.25, -0.2) is 13.4 Å². The lowest BCUT2D eigenvalue weighted by Gasteiger charge is -2.37. The van der Waals surface area contributed by atoms with E-state index >= 15 is 0 Å². The molecule has 0 bridgehead atoms. The molecule has 3 rings (SSSR count). The molecule has 2 aromatic rings. The number of sulfonamides is 1. The molecule has 0 saturated carbocycles. The van der Waals surface area contributed by atoms with Crippen LogP contribution in [0.5, 0.6) is 11.6 Å². The van der Waals surface area contributed by atoms with Crippen molar-refractivity contribution in [2.24, 2.45) is 0 Å². The maximum Gasteiger partial charge on any atom is 0.433 e. The molecule has 0 atom stereocenters. The molecule has 146 valence electrons. The number of ether oxygens (including phenoxy) is 2. The summed E-state index contributed by atoms with van der Waals surface area (Å²) in [6, 6.07) is 9.61. The van der Waals surface area contributed by atoms with Crippen molar-refractivity contribution in [3.63, 3.8) is 0 Å². The highest BCUT2D eigenvalue weighted by Crippen LogP contribution is 2.31. The lowest BCUT2D eigenvalue weighted by molar-refractivity contribution is -0.141. The first-order valence-corrected chi connectivity index (χ1v) is 9.58. The first-order chi connectivity index (χ1) is 12.7. The van der Waals surface area contributed by atoms with Gasteiger partial charge in [0.2, 0.25) is 15.9 Å². The van der Waals surface area contributed by atoms with Crippen LogP contribution in [-0.4, -0.2) is 43.5 Å². The first kappa shape index (κ1) is 19.4. The van der Waals surface area contributed by atoms with E-state index in [4.69, 9.17) is 9.47 Å². The number of aromatic nitrogens is 1. The number of rotatable bonds is 6. The minimum absolute atomic E-state index is 0.0146. The summed E-state index contributed by atoms with van der Waals surface area (Å²) in [5.74, 6) is 0.0607. The van der Waals surface area contributed by atoms with E-state index in [9.17, 15) is 21.6 Å². The highest BCUT2D eigenvalue weighted by molar-refractivity contribution is 7.89. The fourth-order valence-electron chi connectivity index (χ4n) is 2.56. The predicted octanol–water partition coefficient (Wildman–Crippen LogP) is 2.95. The molecule has 2 heterocycles. The second-order valence-electron chi connectivity index (χ2n) is 5.80. The Kier molecular flexibility index (Phi) is 5.29. The standard InChI is InChI=1S/C17H17F3N2O4S/c1-2-25-13-6-3-4-7-14(13)27(23,24)22-10-12(11-22)26-16-9-5-8-15(21-16)17(18,19)20/h3-9,12H,2,10-11H2,1H3. The lowest BCUT2D eigenvalue weighted by atomic mass is 10.2. The molecule has 0 amide bonds. The smallest absolute Gasteiger partial charge is 0.433 e. The molecule has 0 aliphatic carbocycles. The maximum atomic E-state index is 12.7. The van der Waals surface area contributed by atoms with E-state index in [1.165, 1.54) is 22.5 Å². The second kappa shape index (κ2) is 7.35. The van der Waals surface area contributed by atoms with Gasteiger partial charge in [-0.3, -0.25) is 0 Å². The van der Waals surface area contributed by atoms with Crippen LogP contribution < -0.4 is 9.47 Å². The number of benzene rings is 1. The SMILES string of the molecule is CCOc1ccccc1S(=O)(=O)N1CC(Oc2cccc(C(F)(F)F)n2)C1. The van der Waals surface area contributed by atoms with E-state index in [1.807, 2.05) is 0 Å². The number of hydrogen-bond donors (Lipinski definition) is 0. The predicted molar refractivity (Wildman–Crippen MR) is 90.0 cm³/mol. The summed E-state index contributed by atoms with van der Waals surface area (Å²) in [6.07, 6.45) is -5.15. The van der Waals surface area contributed by atoms with Crippen molar-refractivity contribution in [3.05, 3.63) is 48.2 Å². The zero-order chi connectivity index (χ0) is 19.7. The van der Waals surface area contributed by atoms with Gasteiger partial charge in [-0.1, -0.05) is 18.2 Å². The topological polar surface area (TPSA) is 68.7 Å². The summed E-state index contributed by atoms with van der Waals surface area (Å²) in [4.78, 5) is 3.46. The Morgan fingerprint density at radius 1 is 1.15 bits per heavy atom. The van der Waals surface area contributed by atoms with Gasteiger partial charge >= 0.3 is 6.18 Å². The minimum Gasteiger partial charge on any atom is -0.492 e. The van der Waals surface area contributed by atoms with Gasteiger partial charge in [0.25, 0.3) is 0 Å². The zero-order valence-corrected chi connectivity index (χ0v) is 15.1. The van der Waals surface area contributed by atoms with Gasteiger partial charge < -0.3 is 9.47 Å². The Morgan fingerprint density at radius 2 is 1.85 bits per heavy atom. The Morgan fingerprint density at radius 3 is 2.52 bits per heavy atom. The van der Waals surface area contributed by atoms with E-state index in [1.54, 1.807) is 25.1 Å². The van der Waals surface area contributed by atoms with Crippen molar-refractivity contribution < 1.29 is 31.1 Å². The molecule has 1 saturated heterocycles. The van der Waals surface area contributed by atoms with Crippen LogP contribution in [0.15, 0.2) is 47.4 Å². The molecule has 0 radical (unpaired) electrons. The maximum absolute atomic E-state index is 12.7. The third kappa shape index (κ3) is 4.16. The van der Waals surface area contributed by atoms with Crippen molar-refractivity contribution in [1.29, 1.82) is 0 Å². The number of halogens is 3. The summed E-state index contributed by atoms with van der Waals surface area (Å²) in [5, 5.41) is 0. The Labute approximate surface area is 154 Å². The Balaban J connectivity index is 1.68. The van der Waals surface area contributed by atoms with Gasteiger partial charge in [-0.15, -0.1) is 0 Å². The number of pyridine rings is 1. The highest BCUT2D eigenvalue weighted by atomic mass is 32.2. The van der Waals surface area contributed by atoms with Crippen LogP contribution in [0.2, 0.25) is 0 Å². The summed E-state index contributed by atoms with van der Waals surface area (Å²) < 4.78 is 75.4. The molecule has 1 aromatic carbocycles. The first-order valence-electron chi connectivity index (χ1n) is 8.14. The number of nitrogens with zero attached hydrogens (tertiary/aromatic N) is 2. The van der Waals surface area contributed by atoms with Crippen molar-refractivity contribution in [2.75, 3.05) is 19.7 Å². The van der Waals surface area contributed by atoms with Gasteiger partial charge in [0.15, 0.2) is 0 Å². The van der Waals surface area contributed by atoms with Gasteiger partial charge in [0.05, 0.1) is 19.7 Å². The quantitative estimate of drug-likeness (QED) is 0.743. The molecule has 0 spiro atoms. The van der Waals surface area contributed by atoms with Crippen LogP contribution in [0.3, 0.4) is 0 Å². The third-order valence-electron chi connectivity index (χ3n) is 3.88. The molecule has 1 aliphatic heterocycles. The molecular formula is C17H17F3N2O4S. The zero-order valence-electron chi connectivity index (χ0n) is 14.3. The van der Waals surface area contributed by atoms with Crippen molar-refractivity contribution in [2.45, 2.75) is 24.1 Å². The average molecular weight is 402 g/mol. The molecule has 27 heavy (non-hydrogen) atoms. The molecule has 0 unspecified atom stereocenters. The molecule has 1 fully saturated rings. The highest BCUT2D eigenvalue weighted by Gasteiger charge is 2.40. The summed E-state index contributed by atoms with van der Waals surface area (Å²) in [5.41, 5.74) is -1.06. The summed E-state index contributed by atoms with van der Waals surface area (Å²) in [7, 11) is -3.78. The number of hydrogen-bond acceptors (Lipinski definition) is 5. The van der Waals surface area contributed by atoms with Crippen LogP contribution in [0.25, 0.3) is 0 Å². The van der Waals surface area contributed by atoms with Crippen molar-refractivity contribution in [3.8, 4) is 11.6 Å². The monoisotopic (exact) mass is 402 g/mol. The second-order valence-corrected chi connectivity index (χ2v) is 7.71. The van der Waals surface area contributed by atoms with Crippen LogP contribution in [-0.2, 0) is 16.2 Å². The fraction of sp³-hybridized carbons (Fsp3) is 0.353. The normalized spacial score (nSPS) is 16.0. The average Bonchev–Trinajstić information content (AvgIpc) is 2.58. The van der Waals surface area contributed by atoms with Gasteiger partial charge in [0, 0.05) is 6.07 Å². The molecule has 1 aliphatic rings. The molecule has 10 heteroatoms. The number of para-hydroxylation sites is 1. The molecule has 6 nitrogen and oxygen atoms in total. The Hall–Kier alpha value is -2.33. The minimum atomic E-state index is -4.57. The third-order valence-corrected chi connectivity index (χ3v) is 5.75. The van der Waals surface area contributed by atoms with E-state index in [0.717, 1.165) is 6.07 Å². The van der Waals surface area contributed by atoms with Gasteiger partial charge in [0.1, 0.15) is 22.4 Å². The largest absolute Gasteiger partial charge is 0.492 e. The van der Waals surface area contributed by atoms with Gasteiger partial charge in [-0.05, 0) is 25.1 Å². The summed E-state index contributed by atoms with van der Waals surface area (Å²) in [6.45, 7) is 2.10. The van der Waals surface area contributed by atoms with Crippen LogP contribution in [0.1, 0.15) is 12.6 Å².